The zero-order valence-corrected chi connectivity index (χ0v) is 39.5. The molecule has 9 rings (SSSR count). The van der Waals surface area contributed by atoms with E-state index in [4.69, 9.17) is 17.5 Å². The van der Waals surface area contributed by atoms with Crippen molar-refractivity contribution in [3.63, 3.8) is 0 Å². The third-order valence-corrected chi connectivity index (χ3v) is 15.9. The van der Waals surface area contributed by atoms with Crippen LogP contribution in [0.5, 0.6) is 0 Å². The van der Waals surface area contributed by atoms with Gasteiger partial charge in [0.2, 0.25) is 0 Å². The molecule has 4 nitrogen and oxygen atoms in total. The molecule has 0 spiro atoms. The summed E-state index contributed by atoms with van der Waals surface area (Å²) in [5.74, 6) is 0. The van der Waals surface area contributed by atoms with Crippen LogP contribution in [0.1, 0.15) is 178 Å². The Morgan fingerprint density at radius 2 is 0.774 bits per heavy atom. The third kappa shape index (κ3) is 7.65. The van der Waals surface area contributed by atoms with Crippen LogP contribution in [0.4, 0.5) is 11.4 Å². The Bertz CT molecular complexity index is 2410. The normalized spacial score (nSPS) is 14.8. The second kappa shape index (κ2) is 19.2. The molecule has 6 heteroatoms. The molecule has 0 N–H and O–H groups in total. The van der Waals surface area contributed by atoms with Crippen LogP contribution in [0.25, 0.3) is 55.5 Å². The molecular formula is C56H66N4S2. The Kier molecular flexibility index (Phi) is 13.3. The lowest BCUT2D eigenvalue weighted by molar-refractivity contribution is 0.401. The molecule has 0 atom stereocenters. The van der Waals surface area contributed by atoms with Crippen molar-refractivity contribution >= 4 is 45.5 Å². The van der Waals surface area contributed by atoms with Crippen molar-refractivity contribution < 1.29 is 0 Å². The van der Waals surface area contributed by atoms with Crippen LogP contribution in [0.2, 0.25) is 0 Å². The zero-order chi connectivity index (χ0) is 42.5. The minimum Gasteiger partial charge on any atom is -0.172 e. The number of fused-ring (bicyclic) bond motifs is 8. The number of aromatic nitrogens is 2. The number of rotatable bonds is 22. The molecule has 0 saturated carbocycles. The second-order valence-electron chi connectivity index (χ2n) is 18.7. The van der Waals surface area contributed by atoms with E-state index in [0.717, 1.165) is 33.5 Å². The predicted octanol–water partition coefficient (Wildman–Crippen LogP) is 18.2. The fourth-order valence-electron chi connectivity index (χ4n) is 11.8. The van der Waals surface area contributed by atoms with Crippen LogP contribution in [-0.2, 0) is 22.2 Å². The quantitative estimate of drug-likeness (QED) is 0.0638. The molecule has 0 bridgehead atoms. The molecule has 3 aliphatic rings. The molecule has 1 aromatic heterocycles. The fourth-order valence-corrected chi connectivity index (χ4v) is 12.9. The van der Waals surface area contributed by atoms with Gasteiger partial charge in [0.25, 0.3) is 0 Å². The summed E-state index contributed by atoms with van der Waals surface area (Å²) in [5, 5.41) is 0. The van der Waals surface area contributed by atoms with Crippen molar-refractivity contribution in [3.8, 4) is 44.5 Å². The minimum atomic E-state index is 0.00378. The molecule has 6 aromatic rings. The molecule has 322 valence electrons. The highest BCUT2D eigenvalue weighted by molar-refractivity contribution is 7.58. The largest absolute Gasteiger partial charge is 0.172 e. The van der Waals surface area contributed by atoms with Gasteiger partial charge in [0.15, 0.2) is 0 Å². The Hall–Kier alpha value is -4.26. The number of benzene rings is 5. The summed E-state index contributed by atoms with van der Waals surface area (Å²) in [7, 11) is 0. The molecule has 0 unspecified atom stereocenters. The van der Waals surface area contributed by atoms with Gasteiger partial charge in [0.1, 0.15) is 22.4 Å². The Morgan fingerprint density at radius 3 is 1.16 bits per heavy atom. The second-order valence-corrected chi connectivity index (χ2v) is 19.7. The third-order valence-electron chi connectivity index (χ3n) is 14.9. The highest BCUT2D eigenvalue weighted by Crippen LogP contribution is 2.59. The van der Waals surface area contributed by atoms with E-state index in [0.29, 0.717) is 0 Å². The number of unbranched alkanes of at least 4 members (excludes halogenated alkanes) is 12. The molecule has 0 radical (unpaired) electrons. The molecule has 1 aliphatic heterocycles. The van der Waals surface area contributed by atoms with Crippen LogP contribution >= 0.6 is 11.7 Å². The van der Waals surface area contributed by atoms with Gasteiger partial charge in [0, 0.05) is 22.0 Å². The fraction of sp³-hybridized carbons (Fsp3) is 0.464. The van der Waals surface area contributed by atoms with E-state index < -0.39 is 0 Å². The highest BCUT2D eigenvalue weighted by atomic mass is 32.1. The van der Waals surface area contributed by atoms with Crippen molar-refractivity contribution in [1.82, 2.24) is 8.75 Å². The van der Waals surface area contributed by atoms with Gasteiger partial charge in [-0.25, -0.2) is 0 Å². The summed E-state index contributed by atoms with van der Waals surface area (Å²) in [6, 6.07) is 33.2. The van der Waals surface area contributed by atoms with Gasteiger partial charge in [-0.2, -0.15) is 17.5 Å². The Balaban J connectivity index is 1.17. The number of hydrogen-bond donors (Lipinski definition) is 0. The summed E-state index contributed by atoms with van der Waals surface area (Å²) in [5.41, 5.74) is 20.0. The van der Waals surface area contributed by atoms with E-state index in [-0.39, 0.29) is 10.8 Å². The topological polar surface area (TPSA) is 50.5 Å². The minimum absolute atomic E-state index is 0.00378. The predicted molar refractivity (Wildman–Crippen MR) is 267 cm³/mol. The number of hydrogen-bond acceptors (Lipinski definition) is 5. The van der Waals surface area contributed by atoms with Gasteiger partial charge < -0.3 is 0 Å². The average Bonchev–Trinajstić information content (AvgIpc) is 4.10. The summed E-state index contributed by atoms with van der Waals surface area (Å²) in [6.07, 6.45) is 25.1. The molecular weight excluding hydrogens is 793 g/mol. The van der Waals surface area contributed by atoms with Gasteiger partial charge in [-0.1, -0.05) is 203 Å². The molecule has 0 saturated heterocycles. The highest BCUT2D eigenvalue weighted by Gasteiger charge is 2.44. The van der Waals surface area contributed by atoms with E-state index >= 15 is 0 Å². The van der Waals surface area contributed by atoms with Gasteiger partial charge in [0.05, 0.1) is 23.1 Å². The summed E-state index contributed by atoms with van der Waals surface area (Å²) < 4.78 is 20.5. The van der Waals surface area contributed by atoms with E-state index in [1.165, 1.54) is 207 Å². The average molecular weight is 859 g/mol. The zero-order valence-electron chi connectivity index (χ0n) is 37.8. The first kappa shape index (κ1) is 43.0. The van der Waals surface area contributed by atoms with Crippen molar-refractivity contribution in [2.75, 3.05) is 0 Å². The van der Waals surface area contributed by atoms with Gasteiger partial charge in [-0.05, 0) is 93.5 Å². The first-order valence-electron chi connectivity index (χ1n) is 24.5. The van der Waals surface area contributed by atoms with Gasteiger partial charge >= 0.3 is 0 Å². The summed E-state index contributed by atoms with van der Waals surface area (Å²) in [4.78, 5) is 0. The monoisotopic (exact) mass is 858 g/mol. The lowest BCUT2D eigenvalue weighted by Crippen LogP contribution is -2.25. The SMILES string of the molecule is CCCCCCC1(CCCCCC)c2ccccc2-c2ccc(-c3c4c(c(-c5ccc6c(c5)C(CCCCCC)(CCCCCC)c5ccccc5-6)c5nsnc35)N=S=N4)cc21. The maximum absolute atomic E-state index is 5.14. The summed E-state index contributed by atoms with van der Waals surface area (Å²) >= 11 is 2.65. The molecule has 0 fully saturated rings. The van der Waals surface area contributed by atoms with Crippen molar-refractivity contribution in [2.24, 2.45) is 8.73 Å². The Morgan fingerprint density at radius 1 is 0.403 bits per heavy atom. The first-order chi connectivity index (χ1) is 30.6. The van der Waals surface area contributed by atoms with Crippen LogP contribution in [0, 0.1) is 0 Å². The summed E-state index contributed by atoms with van der Waals surface area (Å²) in [6.45, 7) is 9.29. The van der Waals surface area contributed by atoms with Crippen LogP contribution in [0.15, 0.2) is 93.7 Å². The smallest absolute Gasteiger partial charge is 0.115 e. The van der Waals surface area contributed by atoms with E-state index in [1.807, 2.05) is 0 Å². The molecule has 2 heterocycles. The van der Waals surface area contributed by atoms with E-state index in [9.17, 15) is 0 Å². The van der Waals surface area contributed by atoms with Crippen LogP contribution in [0.3, 0.4) is 0 Å². The van der Waals surface area contributed by atoms with Crippen LogP contribution < -0.4 is 0 Å². The molecule has 62 heavy (non-hydrogen) atoms. The standard InChI is InChI=1S/C56H66N4S2/c1-5-9-13-21-33-55(34-22-14-10-6-2)45-27-19-17-25-41(45)43-31-29-39(37-47(43)55)49-51-53(59-61-57-51)50(54-52(49)58-62-60-54)40-30-32-44-42-26-18-20-28-46(42)56(48(44)38-40,35-23-15-11-7-3)36-24-16-12-8-4/h17-20,25-32,37-38H,5-16,21-24,33-36H2,1-4H3. The molecule has 0 amide bonds. The first-order valence-corrected chi connectivity index (χ1v) is 26.0. The molecule has 5 aromatic carbocycles. The van der Waals surface area contributed by atoms with Crippen molar-refractivity contribution in [1.29, 1.82) is 0 Å². The van der Waals surface area contributed by atoms with Crippen LogP contribution in [-0.4, -0.2) is 8.75 Å². The maximum Gasteiger partial charge on any atom is 0.115 e. The lowest BCUT2D eigenvalue weighted by Gasteiger charge is -2.33. The van der Waals surface area contributed by atoms with E-state index in [1.54, 1.807) is 0 Å². The van der Waals surface area contributed by atoms with Gasteiger partial charge in [-0.15, -0.1) is 0 Å². The Labute approximate surface area is 379 Å². The maximum atomic E-state index is 5.14. The van der Waals surface area contributed by atoms with E-state index in [2.05, 4.69) is 113 Å². The van der Waals surface area contributed by atoms with Crippen molar-refractivity contribution in [2.45, 2.75) is 167 Å². The number of nitrogens with zero attached hydrogens (tertiary/aromatic N) is 4. The lowest BCUT2D eigenvalue weighted by atomic mass is 9.70. The molecule has 2 aliphatic carbocycles. The van der Waals surface area contributed by atoms with Gasteiger partial charge in [-0.3, -0.25) is 0 Å². The van der Waals surface area contributed by atoms with Crippen molar-refractivity contribution in [3.05, 3.63) is 107 Å².